The van der Waals surface area contributed by atoms with E-state index in [1.807, 2.05) is 48.9 Å². The van der Waals surface area contributed by atoms with Crippen molar-refractivity contribution in [2.75, 3.05) is 6.54 Å². The maximum Gasteiger partial charge on any atom is 0.255 e. The van der Waals surface area contributed by atoms with Gasteiger partial charge in [-0.25, -0.2) is 13.6 Å². The van der Waals surface area contributed by atoms with Gasteiger partial charge in [0.25, 0.3) is 5.91 Å². The Kier molecular flexibility index (Phi) is 6.14. The molecule has 7 nitrogen and oxygen atoms in total. The first-order chi connectivity index (χ1) is 13.8. The molecule has 152 valence electrons. The number of aryl methyl sites for hydroxylation is 1. The molecule has 8 heteroatoms. The minimum atomic E-state index is -3.70. The molecule has 0 unspecified atom stereocenters. The number of hydrogen-bond donors (Lipinski definition) is 2. The standard InChI is InChI=1S/C21H24N4O3S/c1-15-20(16(2)25(24-15)14-18-6-4-3-5-7-18)21(26)23-13-12-17-8-10-19(11-9-17)29(22,27)28/h3-11H,12-14H2,1-2H3,(H,23,26)(H2,22,27,28). The Hall–Kier alpha value is -2.97. The van der Waals surface area contributed by atoms with E-state index in [9.17, 15) is 13.2 Å². The van der Waals surface area contributed by atoms with Crippen LogP contribution in [-0.2, 0) is 23.0 Å². The second-order valence-electron chi connectivity index (χ2n) is 6.88. The molecule has 1 amide bonds. The predicted molar refractivity (Wildman–Crippen MR) is 111 cm³/mol. The van der Waals surface area contributed by atoms with Crippen LogP contribution < -0.4 is 10.5 Å². The van der Waals surface area contributed by atoms with E-state index < -0.39 is 10.0 Å². The van der Waals surface area contributed by atoms with Gasteiger partial charge in [-0.05, 0) is 43.5 Å². The van der Waals surface area contributed by atoms with Crippen LogP contribution in [0.1, 0.15) is 32.9 Å². The van der Waals surface area contributed by atoms with E-state index in [1.165, 1.54) is 12.1 Å². The lowest BCUT2D eigenvalue weighted by Crippen LogP contribution is -2.26. The fourth-order valence-electron chi connectivity index (χ4n) is 3.19. The number of rotatable bonds is 7. The highest BCUT2D eigenvalue weighted by Gasteiger charge is 2.18. The van der Waals surface area contributed by atoms with Crippen LogP contribution in [-0.4, -0.2) is 30.7 Å². The highest BCUT2D eigenvalue weighted by Crippen LogP contribution is 2.15. The first-order valence-electron chi connectivity index (χ1n) is 9.23. The first kappa shape index (κ1) is 20.8. The quantitative estimate of drug-likeness (QED) is 0.620. The van der Waals surface area contributed by atoms with Crippen molar-refractivity contribution in [1.29, 1.82) is 0 Å². The molecule has 1 heterocycles. The second-order valence-corrected chi connectivity index (χ2v) is 8.45. The Labute approximate surface area is 170 Å². The molecular formula is C21H24N4O3S. The molecule has 3 aromatic rings. The number of carbonyl (C=O) groups is 1. The number of nitrogens with one attached hydrogen (secondary N) is 1. The number of primary sulfonamides is 1. The number of nitrogens with zero attached hydrogens (tertiary/aromatic N) is 2. The number of carbonyl (C=O) groups excluding carboxylic acids is 1. The van der Waals surface area contributed by atoms with Gasteiger partial charge in [0.2, 0.25) is 10.0 Å². The third-order valence-electron chi connectivity index (χ3n) is 4.73. The van der Waals surface area contributed by atoms with E-state index in [0.29, 0.717) is 30.8 Å². The van der Waals surface area contributed by atoms with Crippen molar-refractivity contribution in [1.82, 2.24) is 15.1 Å². The lowest BCUT2D eigenvalue weighted by atomic mass is 10.1. The molecule has 0 aliphatic heterocycles. The van der Waals surface area contributed by atoms with Gasteiger partial charge in [-0.1, -0.05) is 42.5 Å². The van der Waals surface area contributed by atoms with Gasteiger partial charge in [0.15, 0.2) is 0 Å². The molecule has 0 fully saturated rings. The van der Waals surface area contributed by atoms with E-state index >= 15 is 0 Å². The first-order valence-corrected chi connectivity index (χ1v) is 10.8. The molecule has 3 rings (SSSR count). The normalized spacial score (nSPS) is 11.4. The molecule has 0 saturated heterocycles. The molecule has 0 aliphatic rings. The summed E-state index contributed by atoms with van der Waals surface area (Å²) < 4.78 is 24.4. The number of amides is 1. The van der Waals surface area contributed by atoms with E-state index in [1.54, 1.807) is 12.1 Å². The van der Waals surface area contributed by atoms with Crippen LogP contribution in [0, 0.1) is 13.8 Å². The van der Waals surface area contributed by atoms with Crippen LogP contribution in [0.15, 0.2) is 59.5 Å². The second kappa shape index (κ2) is 8.59. The molecule has 0 aliphatic carbocycles. The van der Waals surface area contributed by atoms with Gasteiger partial charge in [-0.15, -0.1) is 0 Å². The number of benzene rings is 2. The molecule has 0 bridgehead atoms. The van der Waals surface area contributed by atoms with Crippen LogP contribution in [0.4, 0.5) is 0 Å². The van der Waals surface area contributed by atoms with Crippen molar-refractivity contribution >= 4 is 15.9 Å². The minimum Gasteiger partial charge on any atom is -0.352 e. The highest BCUT2D eigenvalue weighted by atomic mass is 32.2. The third-order valence-corrected chi connectivity index (χ3v) is 5.66. The molecule has 1 aromatic heterocycles. The van der Waals surface area contributed by atoms with Crippen LogP contribution in [0.5, 0.6) is 0 Å². The Morgan fingerprint density at radius 1 is 1.03 bits per heavy atom. The predicted octanol–water partition coefficient (Wildman–Crippen LogP) is 2.17. The van der Waals surface area contributed by atoms with Gasteiger partial charge in [0.1, 0.15) is 0 Å². The molecular weight excluding hydrogens is 388 g/mol. The molecule has 0 atom stereocenters. The van der Waals surface area contributed by atoms with Gasteiger partial charge >= 0.3 is 0 Å². The molecule has 3 N–H and O–H groups in total. The summed E-state index contributed by atoms with van der Waals surface area (Å²) in [6.45, 7) is 4.76. The third kappa shape index (κ3) is 5.10. The summed E-state index contributed by atoms with van der Waals surface area (Å²) in [6, 6.07) is 16.3. The van der Waals surface area contributed by atoms with Gasteiger partial charge in [0, 0.05) is 12.2 Å². The monoisotopic (exact) mass is 412 g/mol. The van der Waals surface area contributed by atoms with E-state index in [-0.39, 0.29) is 10.8 Å². The van der Waals surface area contributed by atoms with E-state index in [0.717, 1.165) is 16.8 Å². The zero-order valence-electron chi connectivity index (χ0n) is 16.4. The zero-order chi connectivity index (χ0) is 21.0. The average Bonchev–Trinajstić information content (AvgIpc) is 2.95. The van der Waals surface area contributed by atoms with Crippen molar-refractivity contribution in [3.8, 4) is 0 Å². The lowest BCUT2D eigenvalue weighted by Gasteiger charge is -2.08. The fraction of sp³-hybridized carbons (Fsp3) is 0.238. The summed E-state index contributed by atoms with van der Waals surface area (Å²) in [5, 5.41) is 12.5. The summed E-state index contributed by atoms with van der Waals surface area (Å²) in [4.78, 5) is 12.7. The average molecular weight is 413 g/mol. The molecule has 0 radical (unpaired) electrons. The molecule has 0 saturated carbocycles. The molecule has 29 heavy (non-hydrogen) atoms. The van der Waals surface area contributed by atoms with Gasteiger partial charge in [-0.2, -0.15) is 5.10 Å². The van der Waals surface area contributed by atoms with Crippen molar-refractivity contribution < 1.29 is 13.2 Å². The SMILES string of the molecule is Cc1nn(Cc2ccccc2)c(C)c1C(=O)NCCc1ccc(S(N)(=O)=O)cc1. The summed E-state index contributed by atoms with van der Waals surface area (Å²) in [5.74, 6) is -0.166. The largest absolute Gasteiger partial charge is 0.352 e. The number of nitrogens with two attached hydrogens (primary N) is 1. The number of sulfonamides is 1. The maximum absolute atomic E-state index is 12.7. The Morgan fingerprint density at radius 3 is 2.31 bits per heavy atom. The Balaban J connectivity index is 1.62. The van der Waals surface area contributed by atoms with Crippen molar-refractivity contribution in [2.24, 2.45) is 5.14 Å². The summed E-state index contributed by atoms with van der Waals surface area (Å²) in [5.41, 5.74) is 4.12. The maximum atomic E-state index is 12.7. The van der Waals surface area contributed by atoms with Crippen LogP contribution in [0.25, 0.3) is 0 Å². The lowest BCUT2D eigenvalue weighted by molar-refractivity contribution is 0.0953. The Bertz CT molecular complexity index is 1100. The highest BCUT2D eigenvalue weighted by molar-refractivity contribution is 7.89. The fourth-order valence-corrected chi connectivity index (χ4v) is 3.71. The van der Waals surface area contributed by atoms with Crippen molar-refractivity contribution in [2.45, 2.75) is 31.7 Å². The Morgan fingerprint density at radius 2 is 1.69 bits per heavy atom. The van der Waals surface area contributed by atoms with Crippen LogP contribution >= 0.6 is 0 Å². The summed E-state index contributed by atoms with van der Waals surface area (Å²) in [7, 11) is -3.70. The summed E-state index contributed by atoms with van der Waals surface area (Å²) in [6.07, 6.45) is 0.576. The number of aromatic nitrogens is 2. The topological polar surface area (TPSA) is 107 Å². The molecule has 2 aromatic carbocycles. The zero-order valence-corrected chi connectivity index (χ0v) is 17.2. The van der Waals surface area contributed by atoms with Crippen molar-refractivity contribution in [3.05, 3.63) is 82.7 Å². The van der Waals surface area contributed by atoms with Gasteiger partial charge in [0.05, 0.1) is 22.7 Å². The molecule has 0 spiro atoms. The smallest absolute Gasteiger partial charge is 0.255 e. The van der Waals surface area contributed by atoms with Crippen molar-refractivity contribution in [3.63, 3.8) is 0 Å². The van der Waals surface area contributed by atoms with Gasteiger partial charge < -0.3 is 5.32 Å². The van der Waals surface area contributed by atoms with E-state index in [2.05, 4.69) is 10.4 Å². The minimum absolute atomic E-state index is 0.0716. The van der Waals surface area contributed by atoms with E-state index in [4.69, 9.17) is 5.14 Å². The summed E-state index contributed by atoms with van der Waals surface area (Å²) >= 11 is 0. The van der Waals surface area contributed by atoms with Crippen LogP contribution in [0.2, 0.25) is 0 Å². The van der Waals surface area contributed by atoms with Gasteiger partial charge in [-0.3, -0.25) is 9.48 Å². The number of hydrogen-bond acceptors (Lipinski definition) is 4. The van der Waals surface area contributed by atoms with Crippen LogP contribution in [0.3, 0.4) is 0 Å².